The highest BCUT2D eigenvalue weighted by Gasteiger charge is 2.24. The average molecular weight is 464 g/mol. The van der Waals surface area contributed by atoms with Gasteiger partial charge in [-0.3, -0.25) is 19.1 Å². The van der Waals surface area contributed by atoms with Gasteiger partial charge in [0, 0.05) is 13.7 Å². The molecular formula is C18H21N7O4S2. The Morgan fingerprint density at radius 1 is 1.26 bits per heavy atom. The molecule has 0 unspecified atom stereocenters. The summed E-state index contributed by atoms with van der Waals surface area (Å²) in [7, 11) is 1.48. The van der Waals surface area contributed by atoms with Crippen LogP contribution in [0.5, 0.6) is 0 Å². The number of aromatic nitrogens is 4. The van der Waals surface area contributed by atoms with Gasteiger partial charge in [0.1, 0.15) is 5.82 Å². The summed E-state index contributed by atoms with van der Waals surface area (Å²) in [5, 5.41) is 7.86. The van der Waals surface area contributed by atoms with E-state index in [9.17, 15) is 14.4 Å². The summed E-state index contributed by atoms with van der Waals surface area (Å²) < 4.78 is 6.82. The van der Waals surface area contributed by atoms with Crippen LogP contribution in [0.15, 0.2) is 44.3 Å². The molecule has 1 amide bonds. The molecule has 0 aliphatic carbocycles. The number of nitrogen functional groups attached to an aromatic ring is 2. The van der Waals surface area contributed by atoms with E-state index < -0.39 is 17.2 Å². The predicted octanol–water partition coefficient (Wildman–Crippen LogP) is 0.372. The molecule has 0 saturated carbocycles. The number of anilines is 3. The Hall–Kier alpha value is -3.16. The van der Waals surface area contributed by atoms with Crippen LogP contribution in [0.1, 0.15) is 5.56 Å². The Kier molecular flexibility index (Phi) is 7.44. The van der Waals surface area contributed by atoms with Crippen molar-refractivity contribution in [1.29, 1.82) is 0 Å². The van der Waals surface area contributed by atoms with Gasteiger partial charge in [-0.25, -0.2) is 4.79 Å². The molecule has 11 nitrogen and oxygen atoms in total. The first kappa shape index (κ1) is 22.5. The van der Waals surface area contributed by atoms with Gasteiger partial charge in [-0.15, -0.1) is 10.2 Å². The Labute approximate surface area is 185 Å². The second kappa shape index (κ2) is 10.2. The lowest BCUT2D eigenvalue weighted by Crippen LogP contribution is -2.43. The number of nitrogens with zero attached hydrogens (tertiary/aromatic N) is 4. The van der Waals surface area contributed by atoms with Crippen LogP contribution in [-0.4, -0.2) is 51.7 Å². The Balaban J connectivity index is 1.94. The van der Waals surface area contributed by atoms with Crippen molar-refractivity contribution < 1.29 is 9.53 Å². The minimum atomic E-state index is -0.749. The van der Waals surface area contributed by atoms with Crippen LogP contribution < -0.4 is 27.6 Å². The number of carbonyl (C=O) groups is 1. The van der Waals surface area contributed by atoms with E-state index in [-0.39, 0.29) is 37.0 Å². The van der Waals surface area contributed by atoms with Crippen molar-refractivity contribution in [2.75, 3.05) is 42.4 Å². The first-order chi connectivity index (χ1) is 14.9. The van der Waals surface area contributed by atoms with Crippen LogP contribution in [-0.2, 0) is 16.1 Å². The molecule has 5 N–H and O–H groups in total. The van der Waals surface area contributed by atoms with Crippen molar-refractivity contribution >= 4 is 45.6 Å². The summed E-state index contributed by atoms with van der Waals surface area (Å²) in [6, 6.07) is 9.16. The van der Waals surface area contributed by atoms with Gasteiger partial charge in [-0.2, -0.15) is 0 Å². The van der Waals surface area contributed by atoms with Crippen molar-refractivity contribution in [3.05, 3.63) is 56.7 Å². The minimum absolute atomic E-state index is 0.0327. The maximum atomic E-state index is 13.0. The van der Waals surface area contributed by atoms with Crippen LogP contribution in [0.3, 0.4) is 0 Å². The van der Waals surface area contributed by atoms with Crippen LogP contribution in [0.2, 0.25) is 0 Å². The van der Waals surface area contributed by atoms with E-state index in [0.717, 1.165) is 28.7 Å². The molecule has 2 heterocycles. The number of hydrogen-bond acceptors (Lipinski definition) is 10. The molecule has 3 aromatic rings. The van der Waals surface area contributed by atoms with Crippen LogP contribution >= 0.6 is 23.1 Å². The zero-order valence-corrected chi connectivity index (χ0v) is 18.2. The lowest BCUT2D eigenvalue weighted by atomic mass is 10.2. The van der Waals surface area contributed by atoms with Gasteiger partial charge in [-0.1, -0.05) is 53.4 Å². The minimum Gasteiger partial charge on any atom is -0.383 e. The molecule has 164 valence electrons. The zero-order chi connectivity index (χ0) is 22.4. The van der Waals surface area contributed by atoms with Gasteiger partial charge >= 0.3 is 5.69 Å². The van der Waals surface area contributed by atoms with Crippen molar-refractivity contribution in [2.24, 2.45) is 0 Å². The smallest absolute Gasteiger partial charge is 0.330 e. The first-order valence-electron chi connectivity index (χ1n) is 9.08. The number of H-pyrrole nitrogens is 1. The zero-order valence-electron chi connectivity index (χ0n) is 16.6. The van der Waals surface area contributed by atoms with Crippen molar-refractivity contribution in [2.45, 2.75) is 10.9 Å². The molecule has 0 aliphatic heterocycles. The van der Waals surface area contributed by atoms with Gasteiger partial charge in [0.15, 0.2) is 10.0 Å². The molecule has 0 fully saturated rings. The second-order valence-electron chi connectivity index (χ2n) is 6.30. The summed E-state index contributed by atoms with van der Waals surface area (Å²) in [6.07, 6.45) is 0. The third kappa shape index (κ3) is 5.51. The molecule has 0 bridgehead atoms. The molecule has 1 aromatic carbocycles. The van der Waals surface area contributed by atoms with E-state index in [1.54, 1.807) is 0 Å². The Morgan fingerprint density at radius 3 is 2.65 bits per heavy atom. The van der Waals surface area contributed by atoms with Gasteiger partial charge in [0.05, 0.1) is 18.9 Å². The van der Waals surface area contributed by atoms with Crippen LogP contribution in [0.4, 0.5) is 16.6 Å². The van der Waals surface area contributed by atoms with E-state index >= 15 is 0 Å². The van der Waals surface area contributed by atoms with Gasteiger partial charge < -0.3 is 21.1 Å². The highest BCUT2D eigenvalue weighted by atomic mass is 32.2. The van der Waals surface area contributed by atoms with Gasteiger partial charge in [-0.05, 0) is 5.56 Å². The first-order valence-corrected chi connectivity index (χ1v) is 10.9. The molecular weight excluding hydrogens is 442 g/mol. The lowest BCUT2D eigenvalue weighted by Gasteiger charge is -2.24. The fourth-order valence-electron chi connectivity index (χ4n) is 2.79. The van der Waals surface area contributed by atoms with Crippen LogP contribution in [0.25, 0.3) is 0 Å². The monoisotopic (exact) mass is 463 g/mol. The lowest BCUT2D eigenvalue weighted by molar-refractivity contribution is -0.116. The molecule has 0 atom stereocenters. The number of thioether (sulfide) groups is 1. The summed E-state index contributed by atoms with van der Waals surface area (Å²) >= 11 is 2.29. The summed E-state index contributed by atoms with van der Waals surface area (Å²) in [5.41, 5.74) is 11.1. The number of hydrogen-bond donors (Lipinski definition) is 3. The van der Waals surface area contributed by atoms with Crippen LogP contribution in [0, 0.1) is 0 Å². The van der Waals surface area contributed by atoms with Crippen molar-refractivity contribution in [1.82, 2.24) is 19.7 Å². The number of methoxy groups -OCH3 is 1. The number of amides is 1. The SMILES string of the molecule is COCCN(C(=O)CSc1nnc(N)s1)c1c(N)n(Cc2ccccc2)c(=O)[nH]c1=O. The maximum absolute atomic E-state index is 13.0. The van der Waals surface area contributed by atoms with Gasteiger partial charge in [0.25, 0.3) is 5.56 Å². The topological polar surface area (TPSA) is 162 Å². The average Bonchev–Trinajstić information content (AvgIpc) is 3.17. The quantitative estimate of drug-likeness (QED) is 0.381. The molecule has 31 heavy (non-hydrogen) atoms. The molecule has 3 rings (SSSR count). The van der Waals surface area contributed by atoms with E-state index in [1.165, 1.54) is 16.6 Å². The number of benzene rings is 1. The Morgan fingerprint density at radius 2 is 2.00 bits per heavy atom. The number of rotatable bonds is 9. The van der Waals surface area contributed by atoms with E-state index in [0.29, 0.717) is 9.47 Å². The van der Waals surface area contributed by atoms with Crippen molar-refractivity contribution in [3.63, 3.8) is 0 Å². The fraction of sp³-hybridized carbons (Fsp3) is 0.278. The normalized spacial score (nSPS) is 10.9. The number of nitrogens with two attached hydrogens (primary N) is 2. The molecule has 0 aliphatic rings. The molecule has 0 saturated heterocycles. The molecule has 13 heteroatoms. The number of carbonyl (C=O) groups excluding carboxylic acids is 1. The second-order valence-corrected chi connectivity index (χ2v) is 8.53. The summed E-state index contributed by atoms with van der Waals surface area (Å²) in [6.45, 7) is 0.379. The largest absolute Gasteiger partial charge is 0.383 e. The molecule has 0 spiro atoms. The summed E-state index contributed by atoms with van der Waals surface area (Å²) in [4.78, 5) is 41.5. The third-order valence-electron chi connectivity index (χ3n) is 4.23. The number of nitrogens with one attached hydrogen (secondary N) is 1. The standard InChI is InChI=1S/C18H21N7O4S2/c1-29-8-7-24(12(26)10-30-18-23-22-16(20)31-18)13-14(19)25(17(28)21-15(13)27)9-11-5-3-2-4-6-11/h2-6H,7-10,19H2,1H3,(H2,20,22)(H,21,27,28). The maximum Gasteiger partial charge on any atom is 0.330 e. The third-order valence-corrected chi connectivity index (χ3v) is 6.10. The highest BCUT2D eigenvalue weighted by Crippen LogP contribution is 2.25. The molecule has 2 aromatic heterocycles. The predicted molar refractivity (Wildman–Crippen MR) is 121 cm³/mol. The number of aromatic amines is 1. The van der Waals surface area contributed by atoms with E-state index in [4.69, 9.17) is 16.2 Å². The summed E-state index contributed by atoms with van der Waals surface area (Å²) in [5.74, 6) is -0.542. The molecule has 0 radical (unpaired) electrons. The van der Waals surface area contributed by atoms with E-state index in [1.807, 2.05) is 30.3 Å². The highest BCUT2D eigenvalue weighted by molar-refractivity contribution is 8.01. The number of ether oxygens (including phenoxy) is 1. The van der Waals surface area contributed by atoms with Crippen molar-refractivity contribution in [3.8, 4) is 0 Å². The Bertz CT molecular complexity index is 1160. The fourth-order valence-corrected chi connectivity index (χ4v) is 4.30. The van der Waals surface area contributed by atoms with E-state index in [2.05, 4.69) is 15.2 Å². The van der Waals surface area contributed by atoms with Gasteiger partial charge in [0.2, 0.25) is 11.0 Å².